The number of aromatic nitrogens is 3. The number of carboxylic acid groups (broad SMARTS) is 1. The summed E-state index contributed by atoms with van der Waals surface area (Å²) < 4.78 is 14.8. The molecule has 41 heavy (non-hydrogen) atoms. The predicted octanol–water partition coefficient (Wildman–Crippen LogP) is 6.11. The molecule has 0 amide bonds. The van der Waals surface area contributed by atoms with Crippen molar-refractivity contribution in [3.05, 3.63) is 111 Å². The maximum Gasteiger partial charge on any atom is 0.335 e. The fraction of sp³-hybridized carbons (Fsp3) is 0.125. The molecule has 0 fully saturated rings. The molecule has 3 heterocycles. The Hall–Kier alpha value is -5.44. The Morgan fingerprint density at radius 2 is 1.80 bits per heavy atom. The van der Waals surface area contributed by atoms with Gasteiger partial charge in [0.15, 0.2) is 5.76 Å². The summed E-state index contributed by atoms with van der Waals surface area (Å²) in [5.74, 6) is 0.276. The lowest BCUT2D eigenvalue weighted by Crippen LogP contribution is -2.20. The molecule has 0 aliphatic carbocycles. The van der Waals surface area contributed by atoms with E-state index in [1.54, 1.807) is 55.8 Å². The number of aromatic carboxylic acids is 1. The zero-order valence-electron chi connectivity index (χ0n) is 22.9. The number of nitrogens with zero attached hydrogens (tertiary/aromatic N) is 4. The number of aryl methyl sites for hydroxylation is 2. The smallest absolute Gasteiger partial charge is 0.335 e. The highest BCUT2D eigenvalue weighted by Crippen LogP contribution is 2.33. The Labute approximate surface area is 234 Å². The van der Waals surface area contributed by atoms with Crippen molar-refractivity contribution in [2.75, 3.05) is 7.11 Å². The largest absolute Gasteiger partial charge is 0.496 e. The number of benzene rings is 3. The molecular formula is C32H26N4O5. The molecule has 0 radical (unpaired) electrons. The Bertz CT molecular complexity index is 2080. The van der Waals surface area contributed by atoms with Crippen LogP contribution in [0.4, 0.5) is 0 Å². The van der Waals surface area contributed by atoms with Crippen LogP contribution in [0.15, 0.2) is 87.1 Å². The summed E-state index contributed by atoms with van der Waals surface area (Å²) in [5.41, 5.74) is 5.18. The van der Waals surface area contributed by atoms with Gasteiger partial charge in [-0.15, -0.1) is 0 Å². The first-order chi connectivity index (χ1) is 19.8. The van der Waals surface area contributed by atoms with E-state index in [2.05, 4.69) is 5.10 Å². The number of para-hydroxylation sites is 1. The van der Waals surface area contributed by atoms with Crippen LogP contribution >= 0.6 is 0 Å². The van der Waals surface area contributed by atoms with Crippen molar-refractivity contribution in [2.45, 2.75) is 20.8 Å². The second-order valence-corrected chi connectivity index (χ2v) is 9.77. The Morgan fingerprint density at radius 1 is 1.00 bits per heavy atom. The highest BCUT2D eigenvalue weighted by molar-refractivity contribution is 5.90. The molecule has 0 aliphatic heterocycles. The van der Waals surface area contributed by atoms with Crippen molar-refractivity contribution in [2.24, 2.45) is 5.10 Å². The molecule has 6 aromatic rings. The van der Waals surface area contributed by atoms with Crippen LogP contribution in [0.3, 0.4) is 0 Å². The number of carbonyl (C=O) groups is 1. The van der Waals surface area contributed by atoms with Gasteiger partial charge in [-0.1, -0.05) is 24.3 Å². The van der Waals surface area contributed by atoms with E-state index in [1.807, 2.05) is 55.7 Å². The third kappa shape index (κ3) is 4.37. The van der Waals surface area contributed by atoms with Crippen LogP contribution < -0.4 is 10.3 Å². The van der Waals surface area contributed by atoms with Gasteiger partial charge in [0.05, 0.1) is 35.2 Å². The van der Waals surface area contributed by atoms with Gasteiger partial charge in [0, 0.05) is 22.6 Å². The summed E-state index contributed by atoms with van der Waals surface area (Å²) in [7, 11) is 1.59. The normalized spacial score (nSPS) is 11.6. The number of hydrogen-bond acceptors (Lipinski definition) is 6. The van der Waals surface area contributed by atoms with Gasteiger partial charge in [0.2, 0.25) is 5.82 Å². The standard InChI is InChI=1S/C32H26N4O5/c1-18-12-13-21(32(38)39)15-26(18)35-19(2)14-22(20(35)3)17-33-36-30(34-25-9-6-5-8-23(25)31(36)37)29-16-24-27(40-4)10-7-11-28(24)41-29/h5-17H,1-4H3,(H,38,39). The average molecular weight is 547 g/mol. The van der Waals surface area contributed by atoms with Crippen molar-refractivity contribution in [1.29, 1.82) is 0 Å². The average Bonchev–Trinajstić information content (AvgIpc) is 3.52. The molecule has 204 valence electrons. The number of ether oxygens (including phenoxy) is 1. The number of rotatable bonds is 6. The van der Waals surface area contributed by atoms with E-state index in [1.165, 1.54) is 4.68 Å². The van der Waals surface area contributed by atoms with Gasteiger partial charge in [0.25, 0.3) is 5.56 Å². The van der Waals surface area contributed by atoms with E-state index in [4.69, 9.17) is 14.1 Å². The first-order valence-electron chi connectivity index (χ1n) is 12.9. The van der Waals surface area contributed by atoms with Crippen LogP contribution in [-0.4, -0.2) is 38.6 Å². The number of hydrogen-bond donors (Lipinski definition) is 1. The minimum atomic E-state index is -0.991. The Morgan fingerprint density at radius 3 is 2.59 bits per heavy atom. The van der Waals surface area contributed by atoms with Gasteiger partial charge in [-0.25, -0.2) is 9.78 Å². The fourth-order valence-corrected chi connectivity index (χ4v) is 5.10. The van der Waals surface area contributed by atoms with E-state index in [0.717, 1.165) is 33.6 Å². The zero-order valence-corrected chi connectivity index (χ0v) is 22.9. The van der Waals surface area contributed by atoms with Crippen LogP contribution in [0, 0.1) is 20.8 Å². The number of fused-ring (bicyclic) bond motifs is 2. The highest BCUT2D eigenvalue weighted by atomic mass is 16.5. The number of carboxylic acids is 1. The van der Waals surface area contributed by atoms with Crippen molar-refractivity contribution < 1.29 is 19.1 Å². The lowest BCUT2D eigenvalue weighted by molar-refractivity contribution is 0.0697. The first-order valence-corrected chi connectivity index (χ1v) is 12.9. The molecule has 0 saturated carbocycles. The maximum absolute atomic E-state index is 13.7. The molecule has 6 rings (SSSR count). The summed E-state index contributed by atoms with van der Waals surface area (Å²) in [4.78, 5) is 30.1. The molecule has 0 saturated heterocycles. The minimum Gasteiger partial charge on any atom is -0.496 e. The molecular weight excluding hydrogens is 520 g/mol. The number of furan rings is 1. The minimum absolute atomic E-state index is 0.203. The van der Waals surface area contributed by atoms with Crippen LogP contribution in [0.25, 0.3) is 39.1 Å². The van der Waals surface area contributed by atoms with Gasteiger partial charge >= 0.3 is 5.97 Å². The summed E-state index contributed by atoms with van der Waals surface area (Å²) >= 11 is 0. The van der Waals surface area contributed by atoms with Gasteiger partial charge in [-0.05, 0) is 74.9 Å². The number of methoxy groups -OCH3 is 1. The predicted molar refractivity (Wildman–Crippen MR) is 158 cm³/mol. The highest BCUT2D eigenvalue weighted by Gasteiger charge is 2.19. The second-order valence-electron chi connectivity index (χ2n) is 9.77. The SMILES string of the molecule is COc1cccc2oc(-c3nc4ccccc4c(=O)n3N=Cc3cc(C)n(-c4cc(C(=O)O)ccc4C)c3C)cc12. The van der Waals surface area contributed by atoms with E-state index in [0.29, 0.717) is 28.0 Å². The molecule has 9 nitrogen and oxygen atoms in total. The molecule has 0 aliphatic rings. The van der Waals surface area contributed by atoms with Gasteiger partial charge in [-0.3, -0.25) is 4.79 Å². The molecule has 9 heteroatoms. The maximum atomic E-state index is 13.7. The fourth-order valence-electron chi connectivity index (χ4n) is 5.10. The molecule has 0 spiro atoms. The van der Waals surface area contributed by atoms with Crippen LogP contribution in [0.2, 0.25) is 0 Å². The van der Waals surface area contributed by atoms with Gasteiger partial charge in [-0.2, -0.15) is 9.78 Å². The summed E-state index contributed by atoms with van der Waals surface area (Å²) in [6.07, 6.45) is 1.61. The monoisotopic (exact) mass is 546 g/mol. The first kappa shape index (κ1) is 25.8. The summed E-state index contributed by atoms with van der Waals surface area (Å²) in [6, 6.07) is 21.4. The second kappa shape index (κ2) is 9.95. The third-order valence-electron chi connectivity index (χ3n) is 7.20. The van der Waals surface area contributed by atoms with Gasteiger partial charge < -0.3 is 18.8 Å². The zero-order chi connectivity index (χ0) is 28.8. The van der Waals surface area contributed by atoms with Crippen LogP contribution in [0.1, 0.15) is 32.9 Å². The van der Waals surface area contributed by atoms with Crippen molar-refractivity contribution in [3.63, 3.8) is 0 Å². The quantitative estimate of drug-likeness (QED) is 0.252. The van der Waals surface area contributed by atoms with E-state index >= 15 is 0 Å². The third-order valence-corrected chi connectivity index (χ3v) is 7.20. The van der Waals surface area contributed by atoms with Crippen molar-refractivity contribution in [3.8, 4) is 23.0 Å². The molecule has 0 atom stereocenters. The molecule has 0 bridgehead atoms. The molecule has 0 unspecified atom stereocenters. The lowest BCUT2D eigenvalue weighted by atomic mass is 10.1. The summed E-state index contributed by atoms with van der Waals surface area (Å²) in [5, 5.41) is 15.3. The topological polar surface area (TPSA) is 112 Å². The molecule has 3 aromatic heterocycles. The van der Waals surface area contributed by atoms with Crippen LogP contribution in [-0.2, 0) is 0 Å². The Balaban J connectivity index is 1.51. The van der Waals surface area contributed by atoms with Crippen LogP contribution in [0.5, 0.6) is 5.75 Å². The lowest BCUT2D eigenvalue weighted by Gasteiger charge is -2.13. The van der Waals surface area contributed by atoms with E-state index in [9.17, 15) is 14.7 Å². The molecule has 1 N–H and O–H groups in total. The van der Waals surface area contributed by atoms with Crippen molar-refractivity contribution in [1.82, 2.24) is 14.2 Å². The van der Waals surface area contributed by atoms with E-state index in [-0.39, 0.29) is 16.9 Å². The van der Waals surface area contributed by atoms with Crippen molar-refractivity contribution >= 4 is 34.1 Å². The summed E-state index contributed by atoms with van der Waals surface area (Å²) in [6.45, 7) is 5.80. The van der Waals surface area contributed by atoms with E-state index < -0.39 is 5.97 Å². The van der Waals surface area contributed by atoms with Gasteiger partial charge in [0.1, 0.15) is 11.3 Å². The Kier molecular flexibility index (Phi) is 6.26. The molecule has 3 aromatic carbocycles.